The second kappa shape index (κ2) is 8.01. The SMILES string of the molecule is O=C(Nc1ccc(F)cc1)c1ccc(NCCc2ccccc2)nn1. The third kappa shape index (κ3) is 4.84. The Morgan fingerprint density at radius 3 is 2.36 bits per heavy atom. The van der Waals surface area contributed by atoms with Crippen LogP contribution in [0.2, 0.25) is 0 Å². The van der Waals surface area contributed by atoms with E-state index in [9.17, 15) is 9.18 Å². The molecular weight excluding hydrogens is 319 g/mol. The van der Waals surface area contributed by atoms with Crippen LogP contribution in [0.4, 0.5) is 15.9 Å². The molecule has 0 unspecified atom stereocenters. The van der Waals surface area contributed by atoms with Gasteiger partial charge in [0.15, 0.2) is 5.69 Å². The number of nitrogens with zero attached hydrogens (tertiary/aromatic N) is 2. The normalized spacial score (nSPS) is 10.3. The summed E-state index contributed by atoms with van der Waals surface area (Å²) in [5.74, 6) is -0.145. The van der Waals surface area contributed by atoms with Crippen LogP contribution in [0.3, 0.4) is 0 Å². The molecule has 0 saturated carbocycles. The third-order valence-corrected chi connectivity index (χ3v) is 3.56. The maximum atomic E-state index is 12.9. The number of rotatable bonds is 6. The largest absolute Gasteiger partial charge is 0.368 e. The Kier molecular flexibility index (Phi) is 5.31. The van der Waals surface area contributed by atoms with Gasteiger partial charge in [0.2, 0.25) is 0 Å². The van der Waals surface area contributed by atoms with Gasteiger partial charge in [0.25, 0.3) is 5.91 Å². The summed E-state index contributed by atoms with van der Waals surface area (Å²) >= 11 is 0. The predicted octanol–water partition coefficient (Wildman–Crippen LogP) is 3.52. The number of nitrogens with one attached hydrogen (secondary N) is 2. The summed E-state index contributed by atoms with van der Waals surface area (Å²) in [7, 11) is 0. The maximum absolute atomic E-state index is 12.9. The van der Waals surface area contributed by atoms with Crippen LogP contribution in [-0.2, 0) is 6.42 Å². The van der Waals surface area contributed by atoms with Gasteiger partial charge in [-0.1, -0.05) is 30.3 Å². The lowest BCUT2D eigenvalue weighted by Gasteiger charge is -2.07. The quantitative estimate of drug-likeness (QED) is 0.723. The molecule has 1 amide bonds. The molecule has 0 fully saturated rings. The predicted molar refractivity (Wildman–Crippen MR) is 95.0 cm³/mol. The van der Waals surface area contributed by atoms with E-state index in [1.807, 2.05) is 18.2 Å². The van der Waals surface area contributed by atoms with Gasteiger partial charge in [0, 0.05) is 12.2 Å². The number of benzene rings is 2. The minimum absolute atomic E-state index is 0.193. The van der Waals surface area contributed by atoms with Crippen LogP contribution < -0.4 is 10.6 Å². The average Bonchev–Trinajstić information content (AvgIpc) is 2.65. The molecule has 1 heterocycles. The Morgan fingerprint density at radius 2 is 1.68 bits per heavy atom. The first-order valence-corrected chi connectivity index (χ1v) is 7.89. The van der Waals surface area contributed by atoms with Gasteiger partial charge < -0.3 is 10.6 Å². The molecular formula is C19H17FN4O. The fraction of sp³-hybridized carbons (Fsp3) is 0.105. The second-order valence-corrected chi connectivity index (χ2v) is 5.43. The molecule has 0 aliphatic heterocycles. The molecule has 0 bridgehead atoms. The highest BCUT2D eigenvalue weighted by atomic mass is 19.1. The average molecular weight is 336 g/mol. The van der Waals surface area contributed by atoms with E-state index < -0.39 is 5.91 Å². The fourth-order valence-corrected chi connectivity index (χ4v) is 2.26. The number of aromatic nitrogens is 2. The number of amides is 1. The van der Waals surface area contributed by atoms with Crippen molar-refractivity contribution < 1.29 is 9.18 Å². The van der Waals surface area contributed by atoms with Crippen molar-refractivity contribution in [2.75, 3.05) is 17.2 Å². The van der Waals surface area contributed by atoms with Gasteiger partial charge in [-0.25, -0.2) is 4.39 Å². The zero-order valence-electron chi connectivity index (χ0n) is 13.4. The van der Waals surface area contributed by atoms with Gasteiger partial charge in [-0.15, -0.1) is 10.2 Å². The van der Waals surface area contributed by atoms with E-state index in [0.29, 0.717) is 11.5 Å². The summed E-state index contributed by atoms with van der Waals surface area (Å²) < 4.78 is 12.9. The Morgan fingerprint density at radius 1 is 0.920 bits per heavy atom. The number of hydrogen-bond donors (Lipinski definition) is 2. The molecule has 3 aromatic rings. The van der Waals surface area contributed by atoms with Crippen LogP contribution >= 0.6 is 0 Å². The van der Waals surface area contributed by atoms with Crippen molar-refractivity contribution in [2.45, 2.75) is 6.42 Å². The van der Waals surface area contributed by atoms with Crippen molar-refractivity contribution in [3.05, 3.63) is 83.8 Å². The lowest BCUT2D eigenvalue weighted by Crippen LogP contribution is -2.15. The Bertz CT molecular complexity index is 820. The van der Waals surface area contributed by atoms with Crippen LogP contribution in [0.15, 0.2) is 66.7 Å². The first-order valence-electron chi connectivity index (χ1n) is 7.89. The minimum atomic E-state index is -0.394. The molecule has 0 saturated heterocycles. The van der Waals surface area contributed by atoms with E-state index >= 15 is 0 Å². The van der Waals surface area contributed by atoms with Crippen molar-refractivity contribution in [1.82, 2.24) is 10.2 Å². The number of hydrogen-bond acceptors (Lipinski definition) is 4. The molecule has 0 aliphatic rings. The Hall–Kier alpha value is -3.28. The summed E-state index contributed by atoms with van der Waals surface area (Å²) in [5.41, 5.74) is 1.93. The minimum Gasteiger partial charge on any atom is -0.368 e. The van der Waals surface area contributed by atoms with Gasteiger partial charge in [-0.05, 0) is 48.4 Å². The van der Waals surface area contributed by atoms with E-state index in [1.165, 1.54) is 29.8 Å². The molecule has 3 rings (SSSR count). The van der Waals surface area contributed by atoms with Gasteiger partial charge in [-0.2, -0.15) is 0 Å². The summed E-state index contributed by atoms with van der Waals surface area (Å²) in [6.07, 6.45) is 0.870. The lowest BCUT2D eigenvalue weighted by atomic mass is 10.1. The molecule has 2 N–H and O–H groups in total. The van der Waals surface area contributed by atoms with Crippen LogP contribution in [0.25, 0.3) is 0 Å². The lowest BCUT2D eigenvalue weighted by molar-refractivity contribution is 0.102. The molecule has 126 valence electrons. The number of anilines is 2. The van der Waals surface area contributed by atoms with Crippen LogP contribution in [0, 0.1) is 5.82 Å². The van der Waals surface area contributed by atoms with E-state index in [1.54, 1.807) is 12.1 Å². The molecule has 0 radical (unpaired) electrons. The maximum Gasteiger partial charge on any atom is 0.276 e. The summed E-state index contributed by atoms with van der Waals surface area (Å²) in [5, 5.41) is 13.7. The van der Waals surface area contributed by atoms with E-state index in [4.69, 9.17) is 0 Å². The van der Waals surface area contributed by atoms with Gasteiger partial charge >= 0.3 is 0 Å². The van der Waals surface area contributed by atoms with Crippen LogP contribution in [0.5, 0.6) is 0 Å². The molecule has 0 atom stereocenters. The van der Waals surface area contributed by atoms with Crippen molar-refractivity contribution in [3.63, 3.8) is 0 Å². The standard InChI is InChI=1S/C19H17FN4O/c20-15-6-8-16(9-7-15)22-19(25)17-10-11-18(24-23-17)21-13-12-14-4-2-1-3-5-14/h1-11H,12-13H2,(H,21,24)(H,22,25). The van der Waals surface area contributed by atoms with Gasteiger partial charge in [0.05, 0.1) is 0 Å². The highest BCUT2D eigenvalue weighted by Crippen LogP contribution is 2.10. The third-order valence-electron chi connectivity index (χ3n) is 3.56. The molecule has 0 spiro atoms. The zero-order chi connectivity index (χ0) is 17.5. The smallest absolute Gasteiger partial charge is 0.276 e. The van der Waals surface area contributed by atoms with E-state index in [0.717, 1.165) is 13.0 Å². The Balaban J connectivity index is 1.52. The summed E-state index contributed by atoms with van der Waals surface area (Å²) in [4.78, 5) is 12.1. The summed E-state index contributed by atoms with van der Waals surface area (Å²) in [6.45, 7) is 0.722. The topological polar surface area (TPSA) is 66.9 Å². The second-order valence-electron chi connectivity index (χ2n) is 5.43. The highest BCUT2D eigenvalue weighted by Gasteiger charge is 2.08. The van der Waals surface area contributed by atoms with Crippen LogP contribution in [-0.4, -0.2) is 22.6 Å². The number of carbonyl (C=O) groups excluding carboxylic acids is 1. The van der Waals surface area contributed by atoms with Gasteiger partial charge in [0.1, 0.15) is 11.6 Å². The fourth-order valence-electron chi connectivity index (χ4n) is 2.26. The molecule has 1 aromatic heterocycles. The van der Waals surface area contributed by atoms with Crippen molar-refractivity contribution in [2.24, 2.45) is 0 Å². The molecule has 5 nitrogen and oxygen atoms in total. The Labute approximate surface area is 144 Å². The zero-order valence-corrected chi connectivity index (χ0v) is 13.4. The molecule has 0 aliphatic carbocycles. The number of carbonyl (C=O) groups is 1. The van der Waals surface area contributed by atoms with E-state index in [-0.39, 0.29) is 11.5 Å². The summed E-state index contributed by atoms with van der Waals surface area (Å²) in [6, 6.07) is 19.0. The van der Waals surface area contributed by atoms with Crippen LogP contribution in [0.1, 0.15) is 16.1 Å². The highest BCUT2D eigenvalue weighted by molar-refractivity contribution is 6.02. The van der Waals surface area contributed by atoms with Gasteiger partial charge in [-0.3, -0.25) is 4.79 Å². The van der Waals surface area contributed by atoms with Crippen molar-refractivity contribution in [3.8, 4) is 0 Å². The van der Waals surface area contributed by atoms with Crippen molar-refractivity contribution in [1.29, 1.82) is 0 Å². The first kappa shape index (κ1) is 16.6. The molecule has 6 heteroatoms. The van der Waals surface area contributed by atoms with E-state index in [2.05, 4.69) is 33.0 Å². The molecule has 25 heavy (non-hydrogen) atoms. The number of halogens is 1. The monoisotopic (exact) mass is 336 g/mol. The molecule has 2 aromatic carbocycles. The van der Waals surface area contributed by atoms with Crippen molar-refractivity contribution >= 4 is 17.4 Å². The first-order chi connectivity index (χ1) is 12.2.